The summed E-state index contributed by atoms with van der Waals surface area (Å²) in [6.45, 7) is 0. The molecule has 0 saturated carbocycles. The molecule has 0 unspecified atom stereocenters. The topological polar surface area (TPSA) is 66.5 Å². The van der Waals surface area contributed by atoms with Gasteiger partial charge in [-0.25, -0.2) is 13.4 Å². The number of amides is 1. The molecule has 120 valence electrons. The smallest absolute Gasteiger partial charge is 0.277 e. The van der Waals surface area contributed by atoms with Crippen molar-refractivity contribution in [3.05, 3.63) is 71.1 Å². The van der Waals surface area contributed by atoms with Crippen LogP contribution in [0.4, 0.5) is 0 Å². The maximum atomic E-state index is 12.8. The first kappa shape index (κ1) is 16.9. The third-order valence-corrected chi connectivity index (χ3v) is 4.76. The van der Waals surface area contributed by atoms with E-state index in [0.717, 1.165) is 0 Å². The second-order valence-electron chi connectivity index (χ2n) is 5.07. The lowest BCUT2D eigenvalue weighted by molar-refractivity contribution is -0.120. The summed E-state index contributed by atoms with van der Waals surface area (Å²) in [4.78, 5) is 12.2. The Morgan fingerprint density at radius 1 is 0.957 bits per heavy atom. The van der Waals surface area contributed by atoms with Crippen molar-refractivity contribution in [1.29, 1.82) is 0 Å². The highest BCUT2D eigenvalue weighted by molar-refractivity contribution is 7.96. The fourth-order valence-corrected chi connectivity index (χ4v) is 3.30. The highest BCUT2D eigenvalue weighted by Gasteiger charge is 2.27. The molecule has 2 aromatic carbocycles. The third-order valence-electron chi connectivity index (χ3n) is 2.99. The number of carbonyl (C=O) groups excluding carboxylic acids is 1. The maximum absolute atomic E-state index is 12.8. The van der Waals surface area contributed by atoms with Crippen LogP contribution < -0.4 is 5.43 Å². The second kappa shape index (κ2) is 7.21. The van der Waals surface area contributed by atoms with Gasteiger partial charge in [-0.2, -0.15) is 0 Å². The van der Waals surface area contributed by atoms with Crippen LogP contribution in [0, 0.1) is 0 Å². The molecule has 0 spiro atoms. The number of rotatable bonds is 5. The van der Waals surface area contributed by atoms with Gasteiger partial charge in [0.05, 0.1) is 4.90 Å². The van der Waals surface area contributed by atoms with E-state index in [1.165, 1.54) is 23.2 Å². The lowest BCUT2D eigenvalue weighted by atomic mass is 10.2. The van der Waals surface area contributed by atoms with Crippen molar-refractivity contribution in [2.24, 2.45) is 0 Å². The molecule has 2 aromatic rings. The van der Waals surface area contributed by atoms with Crippen LogP contribution in [0.25, 0.3) is 6.08 Å². The molecule has 2 rings (SSSR count). The minimum absolute atomic E-state index is 0.0797. The Bertz CT molecular complexity index is 798. The van der Waals surface area contributed by atoms with Gasteiger partial charge in [-0.05, 0) is 23.8 Å². The van der Waals surface area contributed by atoms with Crippen LogP contribution in [0.5, 0.6) is 0 Å². The average Bonchev–Trinajstić information content (AvgIpc) is 2.53. The molecule has 0 aliphatic rings. The quantitative estimate of drug-likeness (QED) is 0.673. The van der Waals surface area contributed by atoms with Crippen molar-refractivity contribution >= 4 is 21.8 Å². The highest BCUT2D eigenvalue weighted by atomic mass is 32.2. The number of hydrogen-bond acceptors (Lipinski definition) is 4. The van der Waals surface area contributed by atoms with E-state index in [4.69, 9.17) is 0 Å². The van der Waals surface area contributed by atoms with Crippen molar-refractivity contribution in [1.82, 2.24) is 10.4 Å². The first-order chi connectivity index (χ1) is 10.9. The molecule has 0 bridgehead atoms. The van der Waals surface area contributed by atoms with Crippen molar-refractivity contribution in [2.75, 3.05) is 14.1 Å². The van der Waals surface area contributed by atoms with Crippen molar-refractivity contribution < 1.29 is 13.2 Å². The van der Waals surface area contributed by atoms with Gasteiger partial charge in [0, 0.05) is 14.1 Å². The maximum Gasteiger partial charge on any atom is 0.277 e. The summed E-state index contributed by atoms with van der Waals surface area (Å²) in [6.07, 6.45) is 1.38. The summed E-state index contributed by atoms with van der Waals surface area (Å²) in [7, 11) is -0.685. The Morgan fingerprint density at radius 2 is 1.48 bits per heavy atom. The van der Waals surface area contributed by atoms with E-state index in [2.05, 4.69) is 5.43 Å². The lowest BCUT2D eigenvalue weighted by Gasteiger charge is -2.14. The van der Waals surface area contributed by atoms with Crippen LogP contribution in [0.2, 0.25) is 0 Å². The Kier molecular flexibility index (Phi) is 5.31. The zero-order valence-corrected chi connectivity index (χ0v) is 13.7. The number of hydrogen-bond donors (Lipinski definition) is 1. The van der Waals surface area contributed by atoms with Gasteiger partial charge in [0.2, 0.25) is 9.84 Å². The van der Waals surface area contributed by atoms with Crippen LogP contribution in [-0.2, 0) is 14.6 Å². The number of nitrogens with one attached hydrogen (secondary N) is 1. The van der Waals surface area contributed by atoms with Gasteiger partial charge in [0.1, 0.15) is 4.91 Å². The zero-order chi connectivity index (χ0) is 16.9. The summed E-state index contributed by atoms with van der Waals surface area (Å²) < 4.78 is 25.6. The van der Waals surface area contributed by atoms with Gasteiger partial charge in [-0.15, -0.1) is 0 Å². The standard InChI is InChI=1S/C17H18N2O3S/c1-19(2)18-17(20)16(13-14-9-5-3-6-10-14)23(21,22)15-11-7-4-8-12-15/h3-13H,1-2H3,(H,18,20)/b16-13-. The van der Waals surface area contributed by atoms with Crippen molar-refractivity contribution in [2.45, 2.75) is 4.90 Å². The van der Waals surface area contributed by atoms with Crippen LogP contribution >= 0.6 is 0 Å². The van der Waals surface area contributed by atoms with E-state index in [0.29, 0.717) is 5.56 Å². The van der Waals surface area contributed by atoms with E-state index in [1.807, 2.05) is 6.07 Å². The number of nitrogens with zero attached hydrogens (tertiary/aromatic N) is 1. The molecule has 1 amide bonds. The summed E-state index contributed by atoms with van der Waals surface area (Å²) in [5, 5.41) is 1.40. The van der Waals surface area contributed by atoms with Crippen molar-refractivity contribution in [3.63, 3.8) is 0 Å². The number of hydrazine groups is 1. The Morgan fingerprint density at radius 3 is 2.00 bits per heavy atom. The molecule has 0 aromatic heterocycles. The molecule has 0 radical (unpaired) electrons. The average molecular weight is 330 g/mol. The SMILES string of the molecule is CN(C)NC(=O)/C(=C/c1ccccc1)S(=O)(=O)c1ccccc1. The summed E-state index contributed by atoms with van der Waals surface area (Å²) in [5.41, 5.74) is 3.12. The largest absolute Gasteiger partial charge is 0.285 e. The lowest BCUT2D eigenvalue weighted by Crippen LogP contribution is -2.38. The molecule has 5 nitrogen and oxygen atoms in total. The molecule has 6 heteroatoms. The van der Waals surface area contributed by atoms with Crippen LogP contribution in [-0.4, -0.2) is 33.4 Å². The molecule has 0 aliphatic carbocycles. The monoisotopic (exact) mass is 330 g/mol. The minimum Gasteiger partial charge on any atom is -0.285 e. The van der Waals surface area contributed by atoms with Crippen LogP contribution in [0.15, 0.2) is 70.5 Å². The fraction of sp³-hybridized carbons (Fsp3) is 0.118. The van der Waals surface area contributed by atoms with Gasteiger partial charge in [-0.1, -0.05) is 48.5 Å². The van der Waals surface area contributed by atoms with Crippen LogP contribution in [0.3, 0.4) is 0 Å². The van der Waals surface area contributed by atoms with Gasteiger partial charge >= 0.3 is 0 Å². The molecule has 0 heterocycles. The number of benzene rings is 2. The zero-order valence-electron chi connectivity index (χ0n) is 12.9. The minimum atomic E-state index is -3.92. The van der Waals surface area contributed by atoms with E-state index in [1.54, 1.807) is 56.6 Å². The normalized spacial score (nSPS) is 12.2. The fourth-order valence-electron chi connectivity index (χ4n) is 1.95. The first-order valence-corrected chi connectivity index (χ1v) is 8.45. The number of carbonyl (C=O) groups is 1. The Balaban J connectivity index is 2.54. The predicted octanol–water partition coefficient (Wildman–Crippen LogP) is 2.09. The van der Waals surface area contributed by atoms with Gasteiger partial charge in [-0.3, -0.25) is 10.2 Å². The van der Waals surface area contributed by atoms with Crippen LogP contribution in [0.1, 0.15) is 5.56 Å². The molecule has 23 heavy (non-hydrogen) atoms. The molecule has 0 aliphatic heterocycles. The number of sulfone groups is 1. The third kappa shape index (κ3) is 4.28. The van der Waals surface area contributed by atoms with Gasteiger partial charge in [0.25, 0.3) is 5.91 Å². The molecule has 1 N–H and O–H groups in total. The molecular formula is C17H18N2O3S. The first-order valence-electron chi connectivity index (χ1n) is 6.96. The van der Waals surface area contributed by atoms with E-state index in [-0.39, 0.29) is 9.80 Å². The van der Waals surface area contributed by atoms with Gasteiger partial charge < -0.3 is 0 Å². The summed E-state index contributed by atoms with van der Waals surface area (Å²) in [5.74, 6) is -0.678. The molecule has 0 fully saturated rings. The molecule has 0 saturated heterocycles. The van der Waals surface area contributed by atoms with Crippen molar-refractivity contribution in [3.8, 4) is 0 Å². The van der Waals surface area contributed by atoms with E-state index < -0.39 is 15.7 Å². The summed E-state index contributed by atoms with van der Waals surface area (Å²) in [6, 6.07) is 16.8. The molecular weight excluding hydrogens is 312 g/mol. The van der Waals surface area contributed by atoms with E-state index in [9.17, 15) is 13.2 Å². The Hall–Kier alpha value is -2.44. The predicted molar refractivity (Wildman–Crippen MR) is 89.9 cm³/mol. The summed E-state index contributed by atoms with van der Waals surface area (Å²) >= 11 is 0. The highest BCUT2D eigenvalue weighted by Crippen LogP contribution is 2.21. The van der Waals surface area contributed by atoms with E-state index >= 15 is 0 Å². The molecule has 0 atom stereocenters. The second-order valence-corrected chi connectivity index (χ2v) is 6.99. The Labute approximate surface area is 136 Å². The van der Waals surface area contributed by atoms with Gasteiger partial charge in [0.15, 0.2) is 0 Å².